The van der Waals surface area contributed by atoms with E-state index in [0.717, 1.165) is 23.1 Å². The van der Waals surface area contributed by atoms with Crippen molar-refractivity contribution in [3.8, 4) is 0 Å². The average Bonchev–Trinajstić information content (AvgIpc) is 3.03. The van der Waals surface area contributed by atoms with Crippen LogP contribution in [-0.4, -0.2) is 11.1 Å². The number of carboxylic acid groups (broad SMARTS) is 1. The van der Waals surface area contributed by atoms with Gasteiger partial charge in [0, 0.05) is 6.08 Å². The quantitative estimate of drug-likeness (QED) is 0.635. The van der Waals surface area contributed by atoms with Crippen LogP contribution < -0.4 is 0 Å². The summed E-state index contributed by atoms with van der Waals surface area (Å²) >= 11 is 0. The van der Waals surface area contributed by atoms with Crippen molar-refractivity contribution in [1.82, 2.24) is 0 Å². The second-order valence-electron chi connectivity index (χ2n) is 5.24. The minimum atomic E-state index is -0.918. The van der Waals surface area contributed by atoms with Crippen LogP contribution in [0.3, 0.4) is 0 Å². The Hall–Kier alpha value is -1.83. The zero-order valence-corrected chi connectivity index (χ0v) is 11.3. The third-order valence-electron chi connectivity index (χ3n) is 3.76. The van der Waals surface area contributed by atoms with E-state index < -0.39 is 5.97 Å². The molecule has 0 heterocycles. The number of hydrogen-bond donors (Lipinski definition) is 1. The van der Waals surface area contributed by atoms with E-state index in [0.29, 0.717) is 0 Å². The summed E-state index contributed by atoms with van der Waals surface area (Å²) in [6.07, 6.45) is 10.9. The average molecular weight is 256 g/mol. The predicted molar refractivity (Wildman–Crippen MR) is 77.9 cm³/mol. The van der Waals surface area contributed by atoms with Crippen molar-refractivity contribution >= 4 is 12.0 Å². The number of fused-ring (bicyclic) bond motifs is 2. The predicted octanol–water partition coefficient (Wildman–Crippen LogP) is 4.21. The monoisotopic (exact) mass is 256 g/mol. The van der Waals surface area contributed by atoms with E-state index in [-0.39, 0.29) is 0 Å². The molecule has 2 bridgehead atoms. The highest BCUT2D eigenvalue weighted by atomic mass is 16.4. The number of carbonyl (C=O) groups is 1. The summed E-state index contributed by atoms with van der Waals surface area (Å²) in [5.41, 5.74) is 3.76. The molecule has 0 amide bonds. The summed E-state index contributed by atoms with van der Waals surface area (Å²) in [4.78, 5) is 10.2. The van der Waals surface area contributed by atoms with Gasteiger partial charge in [-0.15, -0.1) is 0 Å². The molecule has 2 aliphatic carbocycles. The summed E-state index contributed by atoms with van der Waals surface area (Å²) < 4.78 is 0. The molecular formula is C17H20O2. The van der Waals surface area contributed by atoms with Crippen molar-refractivity contribution in [3.63, 3.8) is 0 Å². The van der Waals surface area contributed by atoms with Gasteiger partial charge in [0.15, 0.2) is 0 Å². The molecule has 2 heteroatoms. The SMILES string of the molecule is C1=C2CCC(C1)C2.Cc1ccccc1/C=C/C(=O)O. The van der Waals surface area contributed by atoms with Crippen LogP contribution in [0.25, 0.3) is 6.08 Å². The fourth-order valence-electron chi connectivity index (χ4n) is 2.62. The molecule has 1 N–H and O–H groups in total. The lowest BCUT2D eigenvalue weighted by atomic mass is 10.1. The highest BCUT2D eigenvalue weighted by Crippen LogP contribution is 2.38. The summed E-state index contributed by atoms with van der Waals surface area (Å²) in [5.74, 6) is 0.160. The van der Waals surface area contributed by atoms with Crippen LogP contribution in [0.15, 0.2) is 42.0 Å². The number of allylic oxidation sites excluding steroid dienone is 2. The Balaban J connectivity index is 0.000000159. The number of aryl methyl sites for hydroxylation is 1. The molecule has 1 saturated carbocycles. The van der Waals surface area contributed by atoms with Gasteiger partial charge in [0.25, 0.3) is 0 Å². The second-order valence-corrected chi connectivity index (χ2v) is 5.24. The molecule has 1 aromatic rings. The lowest BCUT2D eigenvalue weighted by Crippen LogP contribution is -1.86. The van der Waals surface area contributed by atoms with E-state index >= 15 is 0 Å². The summed E-state index contributed by atoms with van der Waals surface area (Å²) in [6.45, 7) is 1.95. The third-order valence-corrected chi connectivity index (χ3v) is 3.76. The van der Waals surface area contributed by atoms with Crippen molar-refractivity contribution in [2.75, 3.05) is 0 Å². The van der Waals surface area contributed by atoms with Gasteiger partial charge in [0.2, 0.25) is 0 Å². The molecule has 0 aromatic heterocycles. The molecule has 3 rings (SSSR count). The highest BCUT2D eigenvalue weighted by Gasteiger charge is 2.22. The highest BCUT2D eigenvalue weighted by molar-refractivity contribution is 5.85. The van der Waals surface area contributed by atoms with E-state index in [9.17, 15) is 4.79 Å². The van der Waals surface area contributed by atoms with Crippen molar-refractivity contribution in [1.29, 1.82) is 0 Å². The molecule has 100 valence electrons. The van der Waals surface area contributed by atoms with Gasteiger partial charge in [-0.05, 0) is 55.7 Å². The van der Waals surface area contributed by atoms with E-state index in [1.165, 1.54) is 25.7 Å². The minimum Gasteiger partial charge on any atom is -0.478 e. The van der Waals surface area contributed by atoms with Gasteiger partial charge in [-0.1, -0.05) is 35.9 Å². The molecule has 1 aromatic carbocycles. The Morgan fingerprint density at radius 3 is 2.58 bits per heavy atom. The van der Waals surface area contributed by atoms with Crippen LogP contribution in [0.4, 0.5) is 0 Å². The molecule has 1 fully saturated rings. The van der Waals surface area contributed by atoms with Gasteiger partial charge in [-0.25, -0.2) is 4.79 Å². The van der Waals surface area contributed by atoms with Crippen LogP contribution in [0, 0.1) is 12.8 Å². The zero-order chi connectivity index (χ0) is 13.7. The van der Waals surface area contributed by atoms with Crippen LogP contribution in [0.5, 0.6) is 0 Å². The standard InChI is InChI=1S/C10H10O2.C7H10/c1-8-4-2-3-5-9(8)6-7-10(11)12;1-2-7-4-3-6(1)5-7/h2-7H,1H3,(H,11,12);1,7H,2-5H2/b7-6+;. The fraction of sp³-hybridized carbons (Fsp3) is 0.353. The Morgan fingerprint density at radius 2 is 2.16 bits per heavy atom. The number of carboxylic acids is 1. The maximum absolute atomic E-state index is 10.2. The first kappa shape index (κ1) is 13.6. The normalized spacial score (nSPS) is 20.1. The number of hydrogen-bond acceptors (Lipinski definition) is 1. The van der Waals surface area contributed by atoms with Crippen LogP contribution >= 0.6 is 0 Å². The molecule has 0 spiro atoms. The Kier molecular flexibility index (Phi) is 4.56. The van der Waals surface area contributed by atoms with Gasteiger partial charge < -0.3 is 5.11 Å². The van der Waals surface area contributed by atoms with Crippen molar-refractivity contribution in [2.45, 2.75) is 32.6 Å². The van der Waals surface area contributed by atoms with Gasteiger partial charge in [-0.3, -0.25) is 0 Å². The molecule has 0 radical (unpaired) electrons. The topological polar surface area (TPSA) is 37.3 Å². The van der Waals surface area contributed by atoms with Gasteiger partial charge in [-0.2, -0.15) is 0 Å². The second kappa shape index (κ2) is 6.37. The van der Waals surface area contributed by atoms with Crippen LogP contribution in [0.1, 0.15) is 36.8 Å². The van der Waals surface area contributed by atoms with Crippen molar-refractivity contribution in [3.05, 3.63) is 53.1 Å². The van der Waals surface area contributed by atoms with Crippen molar-refractivity contribution < 1.29 is 9.90 Å². The maximum Gasteiger partial charge on any atom is 0.328 e. The Bertz CT molecular complexity index is 512. The number of rotatable bonds is 2. The van der Waals surface area contributed by atoms with Gasteiger partial charge in [0.1, 0.15) is 0 Å². The Morgan fingerprint density at radius 1 is 1.37 bits per heavy atom. The Labute approximate surface area is 114 Å². The van der Waals surface area contributed by atoms with E-state index in [4.69, 9.17) is 5.11 Å². The largest absolute Gasteiger partial charge is 0.478 e. The molecule has 1 atom stereocenters. The fourth-order valence-corrected chi connectivity index (χ4v) is 2.62. The first-order valence-electron chi connectivity index (χ1n) is 6.79. The molecule has 0 saturated heterocycles. The lowest BCUT2D eigenvalue weighted by Gasteiger charge is -1.98. The number of benzene rings is 1. The molecule has 1 unspecified atom stereocenters. The molecule has 0 aliphatic heterocycles. The summed E-state index contributed by atoms with van der Waals surface area (Å²) in [5, 5.41) is 8.38. The summed E-state index contributed by atoms with van der Waals surface area (Å²) in [6, 6.07) is 7.64. The van der Waals surface area contributed by atoms with Crippen LogP contribution in [-0.2, 0) is 4.79 Å². The number of aliphatic carboxylic acids is 1. The van der Waals surface area contributed by atoms with Crippen LogP contribution in [0.2, 0.25) is 0 Å². The molecule has 2 aliphatic rings. The first-order valence-corrected chi connectivity index (χ1v) is 6.79. The van der Waals surface area contributed by atoms with Gasteiger partial charge >= 0.3 is 5.97 Å². The maximum atomic E-state index is 10.2. The van der Waals surface area contributed by atoms with Crippen molar-refractivity contribution in [2.24, 2.45) is 5.92 Å². The van der Waals surface area contributed by atoms with E-state index in [1.54, 1.807) is 11.6 Å². The van der Waals surface area contributed by atoms with Gasteiger partial charge in [0.05, 0.1) is 0 Å². The summed E-state index contributed by atoms with van der Waals surface area (Å²) in [7, 11) is 0. The molecule has 19 heavy (non-hydrogen) atoms. The lowest BCUT2D eigenvalue weighted by molar-refractivity contribution is -0.131. The molecular weight excluding hydrogens is 236 g/mol. The van der Waals surface area contributed by atoms with E-state index in [2.05, 4.69) is 6.08 Å². The smallest absolute Gasteiger partial charge is 0.328 e. The zero-order valence-electron chi connectivity index (χ0n) is 11.3. The minimum absolute atomic E-state index is 0.918. The third kappa shape index (κ3) is 4.09. The molecule has 2 nitrogen and oxygen atoms in total. The van der Waals surface area contributed by atoms with E-state index in [1.807, 2.05) is 31.2 Å². The first-order chi connectivity index (χ1) is 9.15.